The molecule has 7 nitrogen and oxygen atoms in total. The molecule has 150 valence electrons. The van der Waals surface area contributed by atoms with Crippen molar-refractivity contribution in [2.45, 2.75) is 18.9 Å². The van der Waals surface area contributed by atoms with Crippen LogP contribution in [0.5, 0.6) is 0 Å². The molecule has 7 heteroatoms. The summed E-state index contributed by atoms with van der Waals surface area (Å²) in [5.74, 6) is 0.598. The third-order valence-electron chi connectivity index (χ3n) is 5.94. The van der Waals surface area contributed by atoms with Gasteiger partial charge in [-0.15, -0.1) is 0 Å². The normalized spacial score (nSPS) is 18.2. The highest BCUT2D eigenvalue weighted by Gasteiger charge is 2.31. The van der Waals surface area contributed by atoms with E-state index < -0.39 is 0 Å². The Morgan fingerprint density at radius 3 is 2.66 bits per heavy atom. The van der Waals surface area contributed by atoms with Crippen molar-refractivity contribution in [3.8, 4) is 11.3 Å². The van der Waals surface area contributed by atoms with Crippen LogP contribution < -0.4 is 5.32 Å². The number of piperazine rings is 1. The summed E-state index contributed by atoms with van der Waals surface area (Å²) >= 11 is 0. The number of pyridine rings is 1. The van der Waals surface area contributed by atoms with Gasteiger partial charge in [0.05, 0.1) is 24.8 Å². The van der Waals surface area contributed by atoms with Crippen LogP contribution in [0, 0.1) is 0 Å². The number of rotatable bonds is 5. The lowest BCUT2D eigenvalue weighted by Crippen LogP contribution is -2.49. The average Bonchev–Trinajstić information content (AvgIpc) is 3.48. The van der Waals surface area contributed by atoms with E-state index in [1.807, 2.05) is 30.1 Å². The van der Waals surface area contributed by atoms with Gasteiger partial charge in [-0.25, -0.2) is 9.97 Å². The van der Waals surface area contributed by atoms with Gasteiger partial charge in [-0.05, 0) is 30.4 Å². The van der Waals surface area contributed by atoms with Gasteiger partial charge in [-0.2, -0.15) is 0 Å². The number of fused-ring (bicyclic) bond motifs is 1. The van der Waals surface area contributed by atoms with Crippen LogP contribution in [0.25, 0.3) is 22.0 Å². The zero-order valence-corrected chi connectivity index (χ0v) is 16.7. The summed E-state index contributed by atoms with van der Waals surface area (Å²) in [5.41, 5.74) is 2.15. The molecule has 5 rings (SSSR count). The van der Waals surface area contributed by atoms with Crippen LogP contribution in [0.1, 0.15) is 12.8 Å². The first-order valence-electron chi connectivity index (χ1n) is 10.3. The van der Waals surface area contributed by atoms with Gasteiger partial charge in [0.25, 0.3) is 0 Å². The van der Waals surface area contributed by atoms with Crippen molar-refractivity contribution in [2.75, 3.05) is 38.0 Å². The van der Waals surface area contributed by atoms with Crippen LogP contribution >= 0.6 is 0 Å². The quantitative estimate of drug-likeness (QED) is 0.724. The molecule has 0 atom stereocenters. The number of nitrogens with one attached hydrogen (secondary N) is 1. The van der Waals surface area contributed by atoms with Crippen molar-refractivity contribution in [1.82, 2.24) is 24.3 Å². The van der Waals surface area contributed by atoms with E-state index in [1.54, 1.807) is 6.33 Å². The highest BCUT2D eigenvalue weighted by atomic mass is 16.2. The first-order chi connectivity index (χ1) is 14.2. The molecule has 1 saturated heterocycles. The number of anilines is 1. The molecule has 1 N–H and O–H groups in total. The van der Waals surface area contributed by atoms with Gasteiger partial charge in [0.15, 0.2) is 0 Å². The topological polar surface area (TPSA) is 66.3 Å². The van der Waals surface area contributed by atoms with Crippen LogP contribution in [-0.4, -0.2) is 69.0 Å². The van der Waals surface area contributed by atoms with Crippen LogP contribution in [0.3, 0.4) is 0 Å². The molecule has 3 aromatic rings. The molecule has 2 fully saturated rings. The van der Waals surface area contributed by atoms with Crippen LogP contribution in [0.2, 0.25) is 0 Å². The van der Waals surface area contributed by atoms with Gasteiger partial charge >= 0.3 is 0 Å². The van der Waals surface area contributed by atoms with Crippen molar-refractivity contribution in [1.29, 1.82) is 0 Å². The van der Waals surface area contributed by atoms with E-state index in [4.69, 9.17) is 0 Å². The lowest BCUT2D eigenvalue weighted by Gasteiger charge is -2.34. The minimum absolute atomic E-state index is 0.000453. The molecule has 1 aromatic carbocycles. The number of carbonyl (C=O) groups is 1. The maximum absolute atomic E-state index is 12.5. The Labute approximate surface area is 170 Å². The second kappa shape index (κ2) is 7.57. The molecule has 29 heavy (non-hydrogen) atoms. The third-order valence-corrected chi connectivity index (χ3v) is 5.94. The zero-order chi connectivity index (χ0) is 19.8. The SMILES string of the molecule is Cn1cncc1-c1ccc2cnc(NC(=O)CN3CCN(C4CC4)CC3)cc2c1. The molecular formula is C22H26N6O. The van der Waals surface area contributed by atoms with Gasteiger partial charge in [0, 0.05) is 56.4 Å². The molecular weight excluding hydrogens is 364 g/mol. The van der Waals surface area contributed by atoms with Gasteiger partial charge in [0.1, 0.15) is 5.82 Å². The molecule has 2 aliphatic rings. The smallest absolute Gasteiger partial charge is 0.239 e. The third kappa shape index (κ3) is 4.02. The number of aryl methyl sites for hydroxylation is 1. The number of aromatic nitrogens is 3. The fraction of sp³-hybridized carbons (Fsp3) is 0.409. The van der Waals surface area contributed by atoms with Crippen molar-refractivity contribution in [3.05, 3.63) is 43.0 Å². The van der Waals surface area contributed by atoms with E-state index in [9.17, 15) is 4.79 Å². The van der Waals surface area contributed by atoms with E-state index in [0.717, 1.165) is 54.3 Å². The first kappa shape index (κ1) is 18.3. The molecule has 0 unspecified atom stereocenters. The predicted molar refractivity (Wildman–Crippen MR) is 114 cm³/mol. The zero-order valence-electron chi connectivity index (χ0n) is 16.7. The molecule has 1 aliphatic carbocycles. The van der Waals surface area contributed by atoms with Crippen LogP contribution in [-0.2, 0) is 11.8 Å². The molecule has 0 bridgehead atoms. The molecule has 3 heterocycles. The van der Waals surface area contributed by atoms with E-state index in [1.165, 1.54) is 12.8 Å². The van der Waals surface area contributed by atoms with Gasteiger partial charge in [-0.3, -0.25) is 14.6 Å². The van der Waals surface area contributed by atoms with Crippen molar-refractivity contribution in [3.63, 3.8) is 0 Å². The second-order valence-corrected chi connectivity index (χ2v) is 8.11. The van der Waals surface area contributed by atoms with Crippen molar-refractivity contribution >= 4 is 22.5 Å². The Kier molecular flexibility index (Phi) is 4.77. The maximum Gasteiger partial charge on any atom is 0.239 e. The predicted octanol–water partition coefficient (Wildman–Crippen LogP) is 2.35. The summed E-state index contributed by atoms with van der Waals surface area (Å²) in [5, 5.41) is 5.07. The lowest BCUT2D eigenvalue weighted by molar-refractivity contribution is -0.117. The Bertz CT molecular complexity index is 1030. The maximum atomic E-state index is 12.5. The summed E-state index contributed by atoms with van der Waals surface area (Å²) in [6.07, 6.45) is 8.15. The van der Waals surface area contributed by atoms with Crippen molar-refractivity contribution in [2.24, 2.45) is 7.05 Å². The molecule has 0 spiro atoms. The highest BCUT2D eigenvalue weighted by Crippen LogP contribution is 2.27. The fourth-order valence-electron chi connectivity index (χ4n) is 4.12. The summed E-state index contributed by atoms with van der Waals surface area (Å²) in [4.78, 5) is 25.9. The summed E-state index contributed by atoms with van der Waals surface area (Å²) < 4.78 is 1.99. The van der Waals surface area contributed by atoms with Crippen LogP contribution in [0.15, 0.2) is 43.0 Å². The number of imidazole rings is 1. The Hall–Kier alpha value is -2.77. The number of hydrogen-bond donors (Lipinski definition) is 1. The largest absolute Gasteiger partial charge is 0.334 e. The summed E-state index contributed by atoms with van der Waals surface area (Å²) in [6, 6.07) is 8.98. The van der Waals surface area contributed by atoms with Gasteiger partial charge in [0.2, 0.25) is 5.91 Å². The Morgan fingerprint density at radius 1 is 1.10 bits per heavy atom. The fourth-order valence-corrected chi connectivity index (χ4v) is 4.12. The van der Waals surface area contributed by atoms with E-state index in [-0.39, 0.29) is 5.91 Å². The van der Waals surface area contributed by atoms with E-state index >= 15 is 0 Å². The number of carbonyl (C=O) groups excluding carboxylic acids is 1. The van der Waals surface area contributed by atoms with Crippen LogP contribution in [0.4, 0.5) is 5.82 Å². The minimum atomic E-state index is -0.000453. The highest BCUT2D eigenvalue weighted by molar-refractivity contribution is 5.94. The first-order valence-corrected chi connectivity index (χ1v) is 10.3. The Morgan fingerprint density at radius 2 is 1.93 bits per heavy atom. The Balaban J connectivity index is 1.25. The van der Waals surface area contributed by atoms with E-state index in [0.29, 0.717) is 12.4 Å². The molecule has 0 radical (unpaired) electrons. The monoisotopic (exact) mass is 390 g/mol. The van der Waals surface area contributed by atoms with Crippen molar-refractivity contribution < 1.29 is 4.79 Å². The molecule has 1 saturated carbocycles. The molecule has 2 aromatic heterocycles. The average molecular weight is 390 g/mol. The standard InChI is InChI=1S/C22H26N6O/c1-26-15-23-13-20(26)16-2-3-17-12-24-21(11-18(17)10-16)25-22(29)14-27-6-8-28(9-7-27)19-4-5-19/h2-3,10-13,15,19H,4-9,14H2,1H3,(H,24,25,29). The number of hydrogen-bond acceptors (Lipinski definition) is 5. The minimum Gasteiger partial charge on any atom is -0.334 e. The lowest BCUT2D eigenvalue weighted by atomic mass is 10.1. The molecule has 1 amide bonds. The van der Waals surface area contributed by atoms with Gasteiger partial charge in [-0.1, -0.05) is 12.1 Å². The number of nitrogens with zero attached hydrogens (tertiary/aromatic N) is 5. The molecule has 1 aliphatic heterocycles. The number of amides is 1. The summed E-state index contributed by atoms with van der Waals surface area (Å²) in [6.45, 7) is 4.49. The van der Waals surface area contributed by atoms with E-state index in [2.05, 4.69) is 43.3 Å². The number of benzene rings is 1. The van der Waals surface area contributed by atoms with Gasteiger partial charge < -0.3 is 9.88 Å². The summed E-state index contributed by atoms with van der Waals surface area (Å²) in [7, 11) is 1.98. The second-order valence-electron chi connectivity index (χ2n) is 8.11.